The molecule has 4 nitrogen and oxygen atoms in total. The van der Waals surface area contributed by atoms with Crippen molar-refractivity contribution in [2.45, 2.75) is 30.4 Å². The van der Waals surface area contributed by atoms with E-state index in [1.165, 1.54) is 17.8 Å². The van der Waals surface area contributed by atoms with Crippen molar-refractivity contribution in [3.8, 4) is 0 Å². The van der Waals surface area contributed by atoms with Gasteiger partial charge in [-0.15, -0.1) is 0 Å². The molecule has 0 fully saturated rings. The molecule has 1 heterocycles. The molecule has 0 aliphatic rings. The summed E-state index contributed by atoms with van der Waals surface area (Å²) in [5, 5.41) is 0.614. The Hall–Kier alpha value is -1.59. The predicted molar refractivity (Wildman–Crippen MR) is 72.8 cm³/mol. The third-order valence-corrected chi connectivity index (χ3v) is 3.59. The lowest BCUT2D eigenvalue weighted by atomic mass is 10.1. The molecule has 18 heavy (non-hydrogen) atoms. The van der Waals surface area contributed by atoms with Gasteiger partial charge in [0.25, 0.3) is 5.56 Å². The van der Waals surface area contributed by atoms with Gasteiger partial charge in [0.05, 0.1) is 0 Å². The SMILES string of the molecule is Cc1cc(=O)[nH]c(Sc2ccc(CN)cc2C)n1. The highest BCUT2D eigenvalue weighted by atomic mass is 32.2. The normalized spacial score (nSPS) is 10.6. The van der Waals surface area contributed by atoms with Crippen LogP contribution in [0.3, 0.4) is 0 Å². The number of aryl methyl sites for hydroxylation is 2. The molecule has 0 atom stereocenters. The first-order chi connectivity index (χ1) is 8.58. The zero-order valence-electron chi connectivity index (χ0n) is 10.4. The Morgan fingerprint density at radius 3 is 2.72 bits per heavy atom. The van der Waals surface area contributed by atoms with E-state index in [4.69, 9.17) is 5.73 Å². The lowest BCUT2D eigenvalue weighted by Crippen LogP contribution is -2.08. The van der Waals surface area contributed by atoms with Gasteiger partial charge in [0.2, 0.25) is 0 Å². The number of nitrogens with one attached hydrogen (secondary N) is 1. The molecule has 0 amide bonds. The molecule has 0 saturated carbocycles. The van der Waals surface area contributed by atoms with Crippen LogP contribution < -0.4 is 11.3 Å². The molecule has 0 aliphatic heterocycles. The summed E-state index contributed by atoms with van der Waals surface area (Å²) in [4.78, 5) is 19.5. The Bertz CT molecular complexity index is 622. The minimum Gasteiger partial charge on any atom is -0.326 e. The van der Waals surface area contributed by atoms with E-state index in [0.29, 0.717) is 11.7 Å². The first kappa shape index (κ1) is 12.9. The number of aromatic amines is 1. The smallest absolute Gasteiger partial charge is 0.251 e. The maximum absolute atomic E-state index is 11.4. The second-order valence-corrected chi connectivity index (χ2v) is 5.13. The van der Waals surface area contributed by atoms with Crippen molar-refractivity contribution < 1.29 is 0 Å². The second kappa shape index (κ2) is 5.37. The van der Waals surface area contributed by atoms with Gasteiger partial charge in [0.1, 0.15) is 0 Å². The van der Waals surface area contributed by atoms with Crippen LogP contribution in [0.4, 0.5) is 0 Å². The quantitative estimate of drug-likeness (QED) is 0.829. The highest BCUT2D eigenvalue weighted by Crippen LogP contribution is 2.27. The van der Waals surface area contributed by atoms with Gasteiger partial charge in [-0.1, -0.05) is 23.9 Å². The van der Waals surface area contributed by atoms with Crippen molar-refractivity contribution in [2.75, 3.05) is 0 Å². The van der Waals surface area contributed by atoms with E-state index in [9.17, 15) is 4.79 Å². The van der Waals surface area contributed by atoms with E-state index < -0.39 is 0 Å². The Kier molecular flexibility index (Phi) is 3.84. The number of hydrogen-bond acceptors (Lipinski definition) is 4. The molecule has 3 N–H and O–H groups in total. The number of rotatable bonds is 3. The number of H-pyrrole nitrogens is 1. The average molecular weight is 261 g/mol. The lowest BCUT2D eigenvalue weighted by molar-refractivity contribution is 0.904. The zero-order valence-corrected chi connectivity index (χ0v) is 11.2. The molecule has 0 saturated heterocycles. The number of nitrogens with zero attached hydrogens (tertiary/aromatic N) is 1. The largest absolute Gasteiger partial charge is 0.326 e. The summed E-state index contributed by atoms with van der Waals surface area (Å²) in [6, 6.07) is 7.53. The Morgan fingerprint density at radius 2 is 2.11 bits per heavy atom. The highest BCUT2D eigenvalue weighted by molar-refractivity contribution is 7.99. The van der Waals surface area contributed by atoms with Crippen LogP contribution >= 0.6 is 11.8 Å². The third kappa shape index (κ3) is 3.00. The van der Waals surface area contributed by atoms with Gasteiger partial charge >= 0.3 is 0 Å². The van der Waals surface area contributed by atoms with Crippen molar-refractivity contribution >= 4 is 11.8 Å². The highest BCUT2D eigenvalue weighted by Gasteiger charge is 2.05. The van der Waals surface area contributed by atoms with E-state index in [-0.39, 0.29) is 5.56 Å². The molecular weight excluding hydrogens is 246 g/mol. The van der Waals surface area contributed by atoms with Crippen LogP contribution in [0.1, 0.15) is 16.8 Å². The minimum atomic E-state index is -0.124. The van der Waals surface area contributed by atoms with Crippen molar-refractivity contribution in [1.29, 1.82) is 0 Å². The van der Waals surface area contributed by atoms with Gasteiger partial charge in [-0.25, -0.2) is 4.98 Å². The Morgan fingerprint density at radius 1 is 1.33 bits per heavy atom. The van der Waals surface area contributed by atoms with Gasteiger partial charge < -0.3 is 10.7 Å². The maximum atomic E-state index is 11.4. The first-order valence-electron chi connectivity index (χ1n) is 5.64. The van der Waals surface area contributed by atoms with Gasteiger partial charge in [-0.2, -0.15) is 0 Å². The van der Waals surface area contributed by atoms with E-state index in [2.05, 4.69) is 16.0 Å². The molecule has 0 radical (unpaired) electrons. The third-order valence-electron chi connectivity index (χ3n) is 2.53. The van der Waals surface area contributed by atoms with Crippen molar-refractivity contribution in [1.82, 2.24) is 9.97 Å². The van der Waals surface area contributed by atoms with Crippen LogP contribution in [0.2, 0.25) is 0 Å². The summed E-state index contributed by atoms with van der Waals surface area (Å²) < 4.78 is 0. The molecule has 1 aromatic carbocycles. The van der Waals surface area contributed by atoms with Gasteiger partial charge in [0, 0.05) is 23.2 Å². The van der Waals surface area contributed by atoms with Crippen molar-refractivity contribution in [2.24, 2.45) is 5.73 Å². The molecular formula is C13H15N3OS. The van der Waals surface area contributed by atoms with E-state index in [1.54, 1.807) is 0 Å². The molecule has 1 aromatic heterocycles. The van der Waals surface area contributed by atoms with Crippen LogP contribution in [0, 0.1) is 13.8 Å². The number of benzene rings is 1. The molecule has 0 spiro atoms. The zero-order chi connectivity index (χ0) is 13.1. The van der Waals surface area contributed by atoms with Crippen LogP contribution in [0.5, 0.6) is 0 Å². The lowest BCUT2D eigenvalue weighted by Gasteiger charge is -2.07. The van der Waals surface area contributed by atoms with Crippen LogP contribution in [0.15, 0.2) is 39.1 Å². The summed E-state index contributed by atoms with van der Waals surface area (Å²) in [5.41, 5.74) is 8.42. The molecule has 0 bridgehead atoms. The van der Waals surface area contributed by atoms with E-state index in [0.717, 1.165) is 21.7 Å². The van der Waals surface area contributed by atoms with Gasteiger partial charge in [-0.3, -0.25) is 4.79 Å². The standard InChI is InChI=1S/C13H15N3OS/c1-8-5-10(7-14)3-4-11(8)18-13-15-9(2)6-12(17)16-13/h3-6H,7,14H2,1-2H3,(H,15,16,17). The van der Waals surface area contributed by atoms with Crippen LogP contribution in [-0.2, 0) is 6.54 Å². The summed E-state index contributed by atoms with van der Waals surface area (Å²) in [6.45, 7) is 4.37. The van der Waals surface area contributed by atoms with Crippen LogP contribution in [0.25, 0.3) is 0 Å². The van der Waals surface area contributed by atoms with E-state index in [1.807, 2.05) is 26.0 Å². The Balaban J connectivity index is 2.31. The monoisotopic (exact) mass is 261 g/mol. The van der Waals surface area contributed by atoms with Gasteiger partial charge in [-0.05, 0) is 31.0 Å². The predicted octanol–water partition coefficient (Wildman–Crippen LogP) is 2.00. The van der Waals surface area contributed by atoms with Gasteiger partial charge in [0.15, 0.2) is 5.16 Å². The Labute approximate surface area is 110 Å². The summed E-state index contributed by atoms with van der Waals surface area (Å²) in [7, 11) is 0. The summed E-state index contributed by atoms with van der Waals surface area (Å²) >= 11 is 1.45. The molecule has 0 aliphatic carbocycles. The number of nitrogens with two attached hydrogens (primary N) is 1. The average Bonchev–Trinajstić information content (AvgIpc) is 2.30. The molecule has 5 heteroatoms. The van der Waals surface area contributed by atoms with Crippen molar-refractivity contribution in [3.05, 3.63) is 51.4 Å². The van der Waals surface area contributed by atoms with E-state index >= 15 is 0 Å². The molecule has 2 aromatic rings. The van der Waals surface area contributed by atoms with Crippen molar-refractivity contribution in [3.63, 3.8) is 0 Å². The first-order valence-corrected chi connectivity index (χ1v) is 6.45. The molecule has 0 unspecified atom stereocenters. The van der Waals surface area contributed by atoms with Crippen LogP contribution in [-0.4, -0.2) is 9.97 Å². The topological polar surface area (TPSA) is 71.8 Å². The number of hydrogen-bond donors (Lipinski definition) is 2. The number of aromatic nitrogens is 2. The summed E-state index contributed by atoms with van der Waals surface area (Å²) in [6.07, 6.45) is 0. The minimum absolute atomic E-state index is 0.124. The second-order valence-electron chi connectivity index (χ2n) is 4.10. The summed E-state index contributed by atoms with van der Waals surface area (Å²) in [5.74, 6) is 0. The molecule has 94 valence electrons. The fraction of sp³-hybridized carbons (Fsp3) is 0.231. The fourth-order valence-corrected chi connectivity index (χ4v) is 2.56. The molecule has 2 rings (SSSR count). The fourth-order valence-electron chi connectivity index (χ4n) is 1.66. The maximum Gasteiger partial charge on any atom is 0.251 e.